The van der Waals surface area contributed by atoms with Crippen molar-refractivity contribution >= 4 is 35.5 Å². The summed E-state index contributed by atoms with van der Waals surface area (Å²) in [6.45, 7) is 6.84. The summed E-state index contributed by atoms with van der Waals surface area (Å²) in [7, 11) is 0. The van der Waals surface area contributed by atoms with Gasteiger partial charge in [0.2, 0.25) is 0 Å². The number of nitrogens with zero attached hydrogens (tertiary/aromatic N) is 3. The Balaban J connectivity index is 1.92. The molecule has 1 fully saturated rings. The van der Waals surface area contributed by atoms with E-state index in [1.165, 1.54) is 37.5 Å². The lowest BCUT2D eigenvalue weighted by atomic mass is 9.85. The number of carbonyl (C=O) groups is 2. The van der Waals surface area contributed by atoms with Crippen LogP contribution in [0, 0.1) is 15.5 Å². The number of nitro benzene ring substituents is 1. The molecule has 0 saturated carbocycles. The molecular formula is C18H18N4O6S. The first-order valence-electron chi connectivity index (χ1n) is 8.50. The molecule has 0 amide bonds. The van der Waals surface area contributed by atoms with Crippen molar-refractivity contribution < 1.29 is 24.0 Å². The van der Waals surface area contributed by atoms with Gasteiger partial charge >= 0.3 is 11.9 Å². The molecule has 0 unspecified atom stereocenters. The summed E-state index contributed by atoms with van der Waals surface area (Å²) in [5, 5.41) is 18.2. The van der Waals surface area contributed by atoms with Gasteiger partial charge in [0.15, 0.2) is 5.16 Å². The highest BCUT2D eigenvalue weighted by Gasteiger charge is 2.50. The number of hydrogen-bond acceptors (Lipinski definition) is 9. The van der Waals surface area contributed by atoms with Gasteiger partial charge in [-0.1, -0.05) is 26.8 Å². The standard InChI is InChI=1S/C18H18N4O6S/c1-17(2,3)18(4)27-14(23)11(15(24)28-18)7-10-5-6-13(12(8-10)22(25)26)29-16-19-9-20-21-16/h5-9H,1-4H3,(H,19,20,21). The summed E-state index contributed by atoms with van der Waals surface area (Å²) in [4.78, 5) is 40.0. The molecule has 0 atom stereocenters. The van der Waals surface area contributed by atoms with E-state index >= 15 is 0 Å². The Bertz CT molecular complexity index is 990. The number of rotatable bonds is 4. The van der Waals surface area contributed by atoms with Crippen molar-refractivity contribution in [3.8, 4) is 0 Å². The average molecular weight is 418 g/mol. The first-order chi connectivity index (χ1) is 13.5. The number of cyclic esters (lactones) is 2. The number of hydrogen-bond donors (Lipinski definition) is 1. The minimum atomic E-state index is -1.41. The summed E-state index contributed by atoms with van der Waals surface area (Å²) in [6.07, 6.45) is 2.50. The lowest BCUT2D eigenvalue weighted by molar-refractivity contribution is -0.387. The van der Waals surface area contributed by atoms with Gasteiger partial charge in [-0.3, -0.25) is 15.2 Å². The number of H-pyrrole nitrogens is 1. The topological polar surface area (TPSA) is 137 Å². The zero-order chi connectivity index (χ0) is 21.4. The van der Waals surface area contributed by atoms with Crippen LogP contribution in [0.4, 0.5) is 5.69 Å². The fraction of sp³-hybridized carbons (Fsp3) is 0.333. The molecule has 1 aromatic carbocycles. The molecule has 1 N–H and O–H groups in total. The van der Waals surface area contributed by atoms with Gasteiger partial charge in [-0.15, -0.1) is 0 Å². The van der Waals surface area contributed by atoms with Crippen molar-refractivity contribution in [2.45, 2.75) is 43.5 Å². The maximum atomic E-state index is 12.4. The van der Waals surface area contributed by atoms with Gasteiger partial charge in [0.25, 0.3) is 11.5 Å². The van der Waals surface area contributed by atoms with Crippen LogP contribution in [0.15, 0.2) is 40.2 Å². The molecule has 3 rings (SSSR count). The highest BCUT2D eigenvalue weighted by molar-refractivity contribution is 7.99. The first-order valence-corrected chi connectivity index (χ1v) is 9.32. The minimum Gasteiger partial charge on any atom is -0.418 e. The van der Waals surface area contributed by atoms with E-state index < -0.39 is 28.1 Å². The molecule has 1 saturated heterocycles. The van der Waals surface area contributed by atoms with Crippen molar-refractivity contribution in [1.29, 1.82) is 0 Å². The molecule has 1 aliphatic heterocycles. The quantitative estimate of drug-likeness (QED) is 0.261. The first kappa shape index (κ1) is 20.5. The van der Waals surface area contributed by atoms with E-state index in [1.54, 1.807) is 20.8 Å². The number of benzene rings is 1. The monoisotopic (exact) mass is 418 g/mol. The van der Waals surface area contributed by atoms with Crippen molar-refractivity contribution in [3.05, 3.63) is 45.8 Å². The van der Waals surface area contributed by atoms with Crippen LogP contribution in [0.1, 0.15) is 33.3 Å². The molecule has 10 nitrogen and oxygen atoms in total. The molecule has 0 aliphatic carbocycles. The predicted molar refractivity (Wildman–Crippen MR) is 102 cm³/mol. The molecule has 29 heavy (non-hydrogen) atoms. The summed E-state index contributed by atoms with van der Waals surface area (Å²) in [6, 6.07) is 4.29. The summed E-state index contributed by atoms with van der Waals surface area (Å²) < 4.78 is 10.7. The van der Waals surface area contributed by atoms with Crippen LogP contribution in [0.5, 0.6) is 0 Å². The summed E-state index contributed by atoms with van der Waals surface area (Å²) in [5.41, 5.74) is -0.904. The number of nitrogens with one attached hydrogen (secondary N) is 1. The van der Waals surface area contributed by atoms with Crippen LogP contribution in [0.2, 0.25) is 0 Å². The number of carbonyl (C=O) groups excluding carboxylic acids is 2. The molecule has 0 bridgehead atoms. The Morgan fingerprint density at radius 2 is 1.90 bits per heavy atom. The van der Waals surface area contributed by atoms with E-state index in [2.05, 4.69) is 15.2 Å². The zero-order valence-corrected chi connectivity index (χ0v) is 16.9. The normalized spacial score (nSPS) is 19.5. The molecule has 1 aromatic heterocycles. The maximum Gasteiger partial charge on any atom is 0.348 e. The van der Waals surface area contributed by atoms with Gasteiger partial charge in [-0.2, -0.15) is 5.10 Å². The number of aromatic amines is 1. The molecule has 152 valence electrons. The third kappa shape index (κ3) is 4.14. The lowest BCUT2D eigenvalue weighted by Gasteiger charge is -2.42. The highest BCUT2D eigenvalue weighted by atomic mass is 32.2. The zero-order valence-electron chi connectivity index (χ0n) is 16.1. The molecule has 2 aromatic rings. The van der Waals surface area contributed by atoms with Crippen LogP contribution in [-0.4, -0.2) is 37.8 Å². The van der Waals surface area contributed by atoms with Gasteiger partial charge < -0.3 is 9.47 Å². The Hall–Kier alpha value is -3.21. The Morgan fingerprint density at radius 1 is 1.24 bits per heavy atom. The average Bonchev–Trinajstić information content (AvgIpc) is 3.11. The van der Waals surface area contributed by atoms with E-state index in [-0.39, 0.29) is 16.8 Å². The Labute approximate surface area is 169 Å². The SMILES string of the molecule is CC(C)(C)C1(C)OC(=O)C(=Cc2ccc(Sc3ncn[nH]3)c([N+](=O)[O-])c2)C(=O)O1. The van der Waals surface area contributed by atoms with Crippen LogP contribution >= 0.6 is 11.8 Å². The van der Waals surface area contributed by atoms with E-state index in [0.717, 1.165) is 11.8 Å². The van der Waals surface area contributed by atoms with E-state index in [4.69, 9.17) is 9.47 Å². The molecule has 2 heterocycles. The number of aromatic nitrogens is 3. The van der Waals surface area contributed by atoms with Gasteiger partial charge in [-0.05, 0) is 29.5 Å². The van der Waals surface area contributed by atoms with E-state index in [1.807, 2.05) is 0 Å². The molecular weight excluding hydrogens is 400 g/mol. The third-order valence-corrected chi connectivity index (χ3v) is 5.42. The van der Waals surface area contributed by atoms with Crippen molar-refractivity contribution in [3.63, 3.8) is 0 Å². The van der Waals surface area contributed by atoms with Crippen LogP contribution in [0.25, 0.3) is 6.08 Å². The van der Waals surface area contributed by atoms with Crippen molar-refractivity contribution in [1.82, 2.24) is 15.2 Å². The summed E-state index contributed by atoms with van der Waals surface area (Å²) >= 11 is 1.03. The second kappa shape index (κ2) is 7.32. The van der Waals surface area contributed by atoms with Crippen molar-refractivity contribution in [2.24, 2.45) is 5.41 Å². The Kier molecular flexibility index (Phi) is 5.18. The molecule has 0 spiro atoms. The van der Waals surface area contributed by atoms with Gasteiger partial charge in [0.1, 0.15) is 11.9 Å². The Morgan fingerprint density at radius 3 is 2.41 bits per heavy atom. The minimum absolute atomic E-state index is 0.210. The largest absolute Gasteiger partial charge is 0.418 e. The summed E-state index contributed by atoms with van der Waals surface area (Å²) in [5.74, 6) is -3.11. The fourth-order valence-corrected chi connectivity index (χ4v) is 3.14. The lowest BCUT2D eigenvalue weighted by Crippen LogP contribution is -2.52. The van der Waals surface area contributed by atoms with E-state index in [9.17, 15) is 19.7 Å². The number of esters is 2. The number of ether oxygens (including phenoxy) is 2. The smallest absolute Gasteiger partial charge is 0.348 e. The van der Waals surface area contributed by atoms with Crippen LogP contribution in [0.3, 0.4) is 0 Å². The van der Waals surface area contributed by atoms with Gasteiger partial charge in [-0.25, -0.2) is 14.6 Å². The van der Waals surface area contributed by atoms with Gasteiger partial charge in [0, 0.05) is 18.4 Å². The third-order valence-electron chi connectivity index (χ3n) is 4.47. The van der Waals surface area contributed by atoms with Gasteiger partial charge in [0.05, 0.1) is 9.82 Å². The molecule has 11 heteroatoms. The van der Waals surface area contributed by atoms with E-state index in [0.29, 0.717) is 10.1 Å². The fourth-order valence-electron chi connectivity index (χ4n) is 2.36. The molecule has 1 aliphatic rings. The molecule has 0 radical (unpaired) electrons. The predicted octanol–water partition coefficient (Wildman–Crippen LogP) is 3.11. The van der Waals surface area contributed by atoms with Crippen LogP contribution < -0.4 is 0 Å². The number of nitro groups is 1. The van der Waals surface area contributed by atoms with Crippen molar-refractivity contribution in [2.75, 3.05) is 0 Å². The maximum absolute atomic E-state index is 12.4. The highest BCUT2D eigenvalue weighted by Crippen LogP contribution is 2.39. The second-order valence-electron chi connectivity index (χ2n) is 7.41. The second-order valence-corrected chi connectivity index (χ2v) is 8.44. The van der Waals surface area contributed by atoms with Crippen LogP contribution in [-0.2, 0) is 19.1 Å².